The van der Waals surface area contributed by atoms with Crippen molar-refractivity contribution in [3.63, 3.8) is 0 Å². The summed E-state index contributed by atoms with van der Waals surface area (Å²) < 4.78 is 22.9. The average Bonchev–Trinajstić information content (AvgIpc) is 2.73. The van der Waals surface area contributed by atoms with E-state index in [2.05, 4.69) is 0 Å². The molecule has 3 aliphatic rings. The van der Waals surface area contributed by atoms with E-state index in [1.165, 1.54) is 25.1 Å². The minimum absolute atomic E-state index is 0.0195. The normalized spacial score (nSPS) is 33.3. The number of carbonyl (C=O) groups excluding carboxylic acids is 5. The number of rotatable bonds is 4. The molecule has 2 saturated carbocycles. The van der Waals surface area contributed by atoms with Crippen molar-refractivity contribution in [3.8, 4) is 5.75 Å². The minimum Gasteiger partial charge on any atom is -0.772 e. The molecule has 1 aromatic rings. The molecule has 0 saturated heterocycles. The first-order valence-corrected chi connectivity index (χ1v) is 13.0. The number of benzene rings is 1. The zero-order valence-corrected chi connectivity index (χ0v) is 21.6. The first-order valence-electron chi connectivity index (χ1n) is 10.7. The second kappa shape index (κ2) is 8.80. The fraction of sp³-hybridized carbons (Fsp3) is 0.500. The van der Waals surface area contributed by atoms with Gasteiger partial charge in [0, 0.05) is 20.8 Å². The maximum atomic E-state index is 13.7. The molecule has 0 aromatic heterocycles. The van der Waals surface area contributed by atoms with Crippen LogP contribution in [0.1, 0.15) is 27.9 Å². The Morgan fingerprint density at radius 1 is 1.29 bits per heavy atom. The van der Waals surface area contributed by atoms with Crippen molar-refractivity contribution < 1.29 is 42.9 Å². The molecule has 0 radical (unpaired) electrons. The number of phenolic OH excluding ortho intramolecular Hbond substituents is 1. The van der Waals surface area contributed by atoms with Crippen LogP contribution in [0.3, 0.4) is 0 Å². The number of aliphatic hydroxyl groups is 1. The molecule has 0 spiro atoms. The molecule has 3 unspecified atom stereocenters. The fourth-order valence-corrected chi connectivity index (χ4v) is 7.26. The van der Waals surface area contributed by atoms with Gasteiger partial charge in [-0.05, 0) is 67.1 Å². The third-order valence-corrected chi connectivity index (χ3v) is 8.87. The quantitative estimate of drug-likeness (QED) is 0.211. The van der Waals surface area contributed by atoms with Crippen molar-refractivity contribution in [1.29, 1.82) is 0 Å². The van der Waals surface area contributed by atoms with Crippen molar-refractivity contribution in [2.45, 2.75) is 30.2 Å². The lowest BCUT2D eigenvalue weighted by atomic mass is 9.52. The van der Waals surface area contributed by atoms with E-state index in [-0.39, 0.29) is 24.0 Å². The lowest BCUT2D eigenvalue weighted by molar-refractivity contribution is -0.181. The average molecular weight is 617 g/mol. The number of fused-ring (bicyclic) bond motifs is 3. The molecule has 2 fully saturated rings. The summed E-state index contributed by atoms with van der Waals surface area (Å²) in [6.07, 6.45) is 0.0749. The van der Waals surface area contributed by atoms with Gasteiger partial charge >= 0.3 is 0 Å². The SMILES string of the molecule is CN(C)[C@@H]1C(=O)C(C(N)=O)C(=O)[C@@]2(O)C(=O)C3C(=O)c4c(O)c(CS(=O)[O-])cc(I)c4C[C@H]3C[C@@H]12. The van der Waals surface area contributed by atoms with Gasteiger partial charge in [-0.25, -0.2) is 0 Å². The molecule has 0 heterocycles. The summed E-state index contributed by atoms with van der Waals surface area (Å²) >= 11 is -0.641. The van der Waals surface area contributed by atoms with Crippen molar-refractivity contribution in [2.75, 3.05) is 14.1 Å². The maximum absolute atomic E-state index is 13.7. The van der Waals surface area contributed by atoms with Crippen molar-refractivity contribution in [2.24, 2.45) is 29.4 Å². The molecule has 4 N–H and O–H groups in total. The highest BCUT2D eigenvalue weighted by Crippen LogP contribution is 2.51. The van der Waals surface area contributed by atoms with Crippen LogP contribution in [0.5, 0.6) is 5.75 Å². The zero-order chi connectivity index (χ0) is 26.1. The first-order chi connectivity index (χ1) is 16.2. The monoisotopic (exact) mass is 617 g/mol. The van der Waals surface area contributed by atoms with Crippen LogP contribution in [0.2, 0.25) is 0 Å². The Morgan fingerprint density at radius 3 is 2.46 bits per heavy atom. The van der Waals surface area contributed by atoms with Crippen molar-refractivity contribution >= 4 is 62.7 Å². The smallest absolute Gasteiger partial charge is 0.235 e. The number of phenols is 1. The number of hydrogen-bond acceptors (Lipinski definition) is 10. The van der Waals surface area contributed by atoms with Crippen LogP contribution in [0.25, 0.3) is 0 Å². The summed E-state index contributed by atoms with van der Waals surface area (Å²) in [5.74, 6) is -12.0. The van der Waals surface area contributed by atoms with E-state index in [1.54, 1.807) is 0 Å². The molecule has 7 atom stereocenters. The summed E-state index contributed by atoms with van der Waals surface area (Å²) in [4.78, 5) is 66.9. The number of nitrogens with zero attached hydrogens (tertiary/aromatic N) is 1. The molecule has 188 valence electrons. The molecule has 13 heteroatoms. The summed E-state index contributed by atoms with van der Waals surface area (Å²) in [6, 6.07) is 0.283. The van der Waals surface area contributed by atoms with Crippen LogP contribution in [0, 0.1) is 27.2 Å². The number of nitrogens with two attached hydrogens (primary N) is 1. The van der Waals surface area contributed by atoms with Gasteiger partial charge < -0.3 is 20.5 Å². The highest BCUT2D eigenvalue weighted by molar-refractivity contribution is 14.1. The Bertz CT molecular complexity index is 1230. The molecular weight excluding hydrogens is 595 g/mol. The van der Waals surface area contributed by atoms with E-state index in [0.717, 1.165) is 0 Å². The van der Waals surface area contributed by atoms with E-state index in [0.29, 0.717) is 9.13 Å². The van der Waals surface area contributed by atoms with Gasteiger partial charge in [-0.15, -0.1) is 0 Å². The van der Waals surface area contributed by atoms with Gasteiger partial charge in [-0.1, -0.05) is 11.1 Å². The number of carbonyl (C=O) groups is 5. The lowest BCUT2D eigenvalue weighted by Crippen LogP contribution is -2.74. The second-order valence-corrected chi connectivity index (χ2v) is 11.5. The number of Topliss-reactive ketones (excluding diaryl/α,β-unsaturated/α-hetero) is 4. The van der Waals surface area contributed by atoms with Gasteiger partial charge in [0.25, 0.3) is 0 Å². The van der Waals surface area contributed by atoms with E-state index in [1.807, 2.05) is 22.6 Å². The standard InChI is InChI=1S/C22H23IN2O9S/c1-25(2)15-10-4-7-3-9-11(23)5-8(6-35(33)34)16(26)13(9)17(27)12(7)19(29)22(10,32)20(30)14(18(15)28)21(24)31/h5,7,10,12,14-15,26,32H,3-4,6H2,1-2H3,(H2,24,31)(H,33,34)/p-1/t7-,10-,12?,14?,15-,22-/m0/s1. The van der Waals surface area contributed by atoms with Crippen LogP contribution >= 0.6 is 22.6 Å². The maximum Gasteiger partial charge on any atom is 0.235 e. The number of amides is 1. The van der Waals surface area contributed by atoms with Crippen LogP contribution in [-0.2, 0) is 42.4 Å². The van der Waals surface area contributed by atoms with Crippen LogP contribution < -0.4 is 5.73 Å². The van der Waals surface area contributed by atoms with E-state index >= 15 is 0 Å². The Labute approximate surface area is 215 Å². The van der Waals surface area contributed by atoms with Gasteiger partial charge in [-0.3, -0.25) is 33.1 Å². The van der Waals surface area contributed by atoms with E-state index in [4.69, 9.17) is 5.73 Å². The van der Waals surface area contributed by atoms with E-state index in [9.17, 15) is 42.9 Å². The Morgan fingerprint density at radius 2 is 1.91 bits per heavy atom. The van der Waals surface area contributed by atoms with Crippen LogP contribution in [0.15, 0.2) is 6.07 Å². The zero-order valence-electron chi connectivity index (χ0n) is 18.6. The first kappa shape index (κ1) is 26.0. The summed E-state index contributed by atoms with van der Waals surface area (Å²) in [5.41, 5.74) is 2.67. The van der Waals surface area contributed by atoms with E-state index < -0.39 is 86.9 Å². The Hall–Kier alpha value is -2.07. The van der Waals surface area contributed by atoms with Gasteiger partial charge in [-0.2, -0.15) is 0 Å². The molecule has 3 aliphatic carbocycles. The molecule has 0 bridgehead atoms. The molecule has 1 amide bonds. The molecule has 35 heavy (non-hydrogen) atoms. The third kappa shape index (κ3) is 3.70. The second-order valence-electron chi connectivity index (χ2n) is 9.46. The molecule has 4 rings (SSSR count). The predicted octanol–water partition coefficient (Wildman–Crippen LogP) is -1.15. The number of aromatic hydroxyl groups is 1. The lowest BCUT2D eigenvalue weighted by Gasteiger charge is -2.52. The van der Waals surface area contributed by atoms with Crippen molar-refractivity contribution in [1.82, 2.24) is 4.90 Å². The fourth-order valence-electron chi connectivity index (χ4n) is 5.92. The highest BCUT2D eigenvalue weighted by Gasteiger charge is 2.69. The number of halogens is 1. The number of hydrogen-bond donors (Lipinski definition) is 3. The summed E-state index contributed by atoms with van der Waals surface area (Å²) in [7, 11) is 3.02. The van der Waals surface area contributed by atoms with Gasteiger partial charge in [0.2, 0.25) is 5.91 Å². The van der Waals surface area contributed by atoms with Gasteiger partial charge in [0.15, 0.2) is 34.7 Å². The molecule has 1 aromatic carbocycles. The molecular formula is C22H22IN2O9S-. The highest BCUT2D eigenvalue weighted by atomic mass is 127. The predicted molar refractivity (Wildman–Crippen MR) is 127 cm³/mol. The number of primary amides is 1. The third-order valence-electron chi connectivity index (χ3n) is 7.36. The summed E-state index contributed by atoms with van der Waals surface area (Å²) in [5, 5.41) is 22.2. The van der Waals surface area contributed by atoms with Crippen LogP contribution in [0.4, 0.5) is 0 Å². The van der Waals surface area contributed by atoms with Gasteiger partial charge in [0.05, 0.1) is 17.5 Å². The Kier molecular flexibility index (Phi) is 6.54. The summed E-state index contributed by atoms with van der Waals surface area (Å²) in [6.45, 7) is 0. The topological polar surface area (TPSA) is 195 Å². The largest absolute Gasteiger partial charge is 0.772 e. The molecule has 11 nitrogen and oxygen atoms in total. The number of ketones is 4. The minimum atomic E-state index is -2.80. The Balaban J connectivity index is 1.87. The van der Waals surface area contributed by atoms with Crippen molar-refractivity contribution in [3.05, 3.63) is 26.3 Å². The number of likely N-dealkylation sites (N-methyl/N-ethyl adjacent to an activating group) is 1. The van der Waals surface area contributed by atoms with Crippen LogP contribution in [-0.4, -0.2) is 78.7 Å². The molecule has 0 aliphatic heterocycles. The van der Waals surface area contributed by atoms with Gasteiger partial charge in [0.1, 0.15) is 5.75 Å².